The number of ether oxygens (including phenoxy) is 1. The van der Waals surface area contributed by atoms with Crippen LogP contribution in [0.25, 0.3) is 0 Å². The topological polar surface area (TPSA) is 62.6 Å². The lowest BCUT2D eigenvalue weighted by molar-refractivity contribution is 0.0601. The van der Waals surface area contributed by atoms with Crippen LogP contribution in [-0.4, -0.2) is 64.0 Å². The van der Waals surface area contributed by atoms with E-state index in [2.05, 4.69) is 40.3 Å². The summed E-state index contributed by atoms with van der Waals surface area (Å²) in [7, 11) is 1.45. The highest BCUT2D eigenvalue weighted by molar-refractivity contribution is 7.80. The average molecular weight is 462 g/mol. The third-order valence-electron chi connectivity index (χ3n) is 6.21. The van der Waals surface area contributed by atoms with Gasteiger partial charge in [-0.05, 0) is 57.3 Å². The number of thiophene rings is 1. The summed E-state index contributed by atoms with van der Waals surface area (Å²) in [6.45, 7) is 9.64. The van der Waals surface area contributed by atoms with Crippen LogP contribution in [-0.2, 0) is 30.7 Å². The first kappa shape index (κ1) is 22.2. The van der Waals surface area contributed by atoms with Crippen LogP contribution < -0.4 is 5.32 Å². The molecule has 2 aliphatic rings. The second-order valence-electron chi connectivity index (χ2n) is 8.20. The zero-order chi connectivity index (χ0) is 22.0. The van der Waals surface area contributed by atoms with E-state index < -0.39 is 0 Å². The van der Waals surface area contributed by atoms with E-state index in [0.29, 0.717) is 10.7 Å². The van der Waals surface area contributed by atoms with Crippen LogP contribution in [0.15, 0.2) is 6.20 Å². The van der Waals surface area contributed by atoms with E-state index in [1.54, 1.807) is 11.3 Å². The first-order chi connectivity index (χ1) is 15.0. The van der Waals surface area contributed by atoms with Crippen molar-refractivity contribution in [2.75, 3.05) is 38.6 Å². The van der Waals surface area contributed by atoms with Gasteiger partial charge in [-0.15, -0.1) is 11.3 Å². The van der Waals surface area contributed by atoms with Crippen molar-refractivity contribution < 1.29 is 9.53 Å². The molecule has 1 fully saturated rings. The number of esters is 1. The number of rotatable bonds is 5. The SMILES string of the molecule is CCn1cc(CN2CCN(C(=S)Nc3sc4c(c3C(=O)OC)CCCC4)CC2)c(C)n1. The first-order valence-corrected chi connectivity index (χ1v) is 12.3. The van der Waals surface area contributed by atoms with Crippen LogP contribution in [0.2, 0.25) is 0 Å². The van der Waals surface area contributed by atoms with Crippen molar-refractivity contribution in [1.82, 2.24) is 19.6 Å². The smallest absolute Gasteiger partial charge is 0.341 e. The highest BCUT2D eigenvalue weighted by Crippen LogP contribution is 2.38. The maximum atomic E-state index is 12.5. The molecule has 31 heavy (non-hydrogen) atoms. The summed E-state index contributed by atoms with van der Waals surface area (Å²) in [6, 6.07) is 0. The summed E-state index contributed by atoms with van der Waals surface area (Å²) in [5.74, 6) is -0.266. The minimum absolute atomic E-state index is 0.266. The Hall–Kier alpha value is -1.97. The van der Waals surface area contributed by atoms with Crippen molar-refractivity contribution in [2.45, 2.75) is 52.6 Å². The van der Waals surface area contributed by atoms with Gasteiger partial charge >= 0.3 is 5.97 Å². The van der Waals surface area contributed by atoms with Gasteiger partial charge in [-0.25, -0.2) is 4.79 Å². The van der Waals surface area contributed by atoms with Gasteiger partial charge in [0.2, 0.25) is 0 Å². The lowest BCUT2D eigenvalue weighted by Gasteiger charge is -2.36. The van der Waals surface area contributed by atoms with Crippen LogP contribution in [0.5, 0.6) is 0 Å². The Morgan fingerprint density at radius 1 is 1.26 bits per heavy atom. The fourth-order valence-corrected chi connectivity index (χ4v) is 6.00. The van der Waals surface area contributed by atoms with Crippen LogP contribution >= 0.6 is 23.6 Å². The van der Waals surface area contributed by atoms with Gasteiger partial charge in [-0.2, -0.15) is 5.10 Å². The Morgan fingerprint density at radius 3 is 2.68 bits per heavy atom. The van der Waals surface area contributed by atoms with Crippen LogP contribution in [0.1, 0.15) is 51.8 Å². The van der Waals surface area contributed by atoms with Gasteiger partial charge in [0.05, 0.1) is 18.4 Å². The molecule has 1 N–H and O–H groups in total. The number of nitrogens with one attached hydrogen (secondary N) is 1. The molecule has 3 heterocycles. The maximum Gasteiger partial charge on any atom is 0.341 e. The molecule has 1 saturated heterocycles. The number of anilines is 1. The van der Waals surface area contributed by atoms with Gasteiger partial charge < -0.3 is 15.0 Å². The maximum absolute atomic E-state index is 12.5. The number of fused-ring (bicyclic) bond motifs is 1. The van der Waals surface area contributed by atoms with E-state index in [0.717, 1.165) is 74.8 Å². The average Bonchev–Trinajstić information content (AvgIpc) is 3.33. The molecule has 0 amide bonds. The molecule has 1 aliphatic heterocycles. The van der Waals surface area contributed by atoms with Crippen LogP contribution in [0, 0.1) is 6.92 Å². The molecule has 7 nitrogen and oxygen atoms in total. The molecule has 2 aromatic heterocycles. The van der Waals surface area contributed by atoms with Crippen molar-refractivity contribution in [2.24, 2.45) is 0 Å². The molecule has 1 aliphatic carbocycles. The Kier molecular flexibility index (Phi) is 6.93. The van der Waals surface area contributed by atoms with Gasteiger partial charge in [0.15, 0.2) is 5.11 Å². The van der Waals surface area contributed by atoms with E-state index in [1.807, 2.05) is 4.68 Å². The molecule has 0 radical (unpaired) electrons. The van der Waals surface area contributed by atoms with E-state index >= 15 is 0 Å². The number of hydrogen-bond donors (Lipinski definition) is 1. The fraction of sp³-hybridized carbons (Fsp3) is 0.591. The summed E-state index contributed by atoms with van der Waals surface area (Å²) in [5, 5.41) is 9.47. The summed E-state index contributed by atoms with van der Waals surface area (Å²) in [4.78, 5) is 18.4. The third-order valence-corrected chi connectivity index (χ3v) is 7.77. The minimum Gasteiger partial charge on any atom is -0.465 e. The Bertz CT molecular complexity index is 960. The molecule has 0 saturated carbocycles. The standard InChI is InChI=1S/C22H31N5O2S2/c1-4-27-14-16(15(2)24-27)13-25-9-11-26(12-10-25)22(30)23-20-19(21(28)29-3)17-7-5-6-8-18(17)31-20/h14H,4-13H2,1-3H3,(H,23,30). The largest absolute Gasteiger partial charge is 0.465 e. The Labute approximate surface area is 193 Å². The number of carbonyl (C=O) groups is 1. The molecular weight excluding hydrogens is 430 g/mol. The number of aromatic nitrogens is 2. The molecule has 0 bridgehead atoms. The Morgan fingerprint density at radius 2 is 2.00 bits per heavy atom. The highest BCUT2D eigenvalue weighted by Gasteiger charge is 2.28. The number of nitrogens with zero attached hydrogens (tertiary/aromatic N) is 4. The van der Waals surface area contributed by atoms with Crippen molar-refractivity contribution >= 4 is 39.6 Å². The van der Waals surface area contributed by atoms with E-state index in [9.17, 15) is 4.79 Å². The normalized spacial score (nSPS) is 16.8. The first-order valence-electron chi connectivity index (χ1n) is 11.0. The van der Waals surface area contributed by atoms with E-state index in [1.165, 1.54) is 24.0 Å². The van der Waals surface area contributed by atoms with Crippen molar-refractivity contribution in [1.29, 1.82) is 0 Å². The van der Waals surface area contributed by atoms with Gasteiger partial charge in [0.1, 0.15) is 5.00 Å². The predicted molar refractivity (Wildman–Crippen MR) is 128 cm³/mol. The van der Waals surface area contributed by atoms with Gasteiger partial charge in [-0.1, -0.05) is 0 Å². The monoisotopic (exact) mass is 461 g/mol. The minimum atomic E-state index is -0.266. The summed E-state index contributed by atoms with van der Waals surface area (Å²) < 4.78 is 7.08. The Balaban J connectivity index is 1.38. The summed E-state index contributed by atoms with van der Waals surface area (Å²) >= 11 is 7.39. The summed E-state index contributed by atoms with van der Waals surface area (Å²) in [6.07, 6.45) is 6.43. The number of piperazine rings is 1. The molecule has 0 unspecified atom stereocenters. The van der Waals surface area contributed by atoms with Crippen molar-refractivity contribution in [3.63, 3.8) is 0 Å². The fourth-order valence-electron chi connectivity index (χ4n) is 4.37. The number of methoxy groups -OCH3 is 1. The second kappa shape index (κ2) is 9.67. The lowest BCUT2D eigenvalue weighted by Crippen LogP contribution is -2.49. The van der Waals surface area contributed by atoms with Crippen molar-refractivity contribution in [3.05, 3.63) is 33.5 Å². The molecule has 2 aromatic rings. The zero-order valence-corrected chi connectivity index (χ0v) is 20.2. The van der Waals surface area contributed by atoms with Crippen molar-refractivity contribution in [3.8, 4) is 0 Å². The number of carbonyl (C=O) groups excluding carboxylic acids is 1. The third kappa shape index (κ3) is 4.78. The number of aryl methyl sites for hydroxylation is 3. The molecular formula is C22H31N5O2S2. The molecule has 168 valence electrons. The van der Waals surface area contributed by atoms with Gasteiger partial charge in [0, 0.05) is 55.9 Å². The quantitative estimate of drug-likeness (QED) is 0.540. The predicted octanol–water partition coefficient (Wildman–Crippen LogP) is 3.45. The van der Waals surface area contributed by atoms with Gasteiger partial charge in [-0.3, -0.25) is 9.58 Å². The lowest BCUT2D eigenvalue weighted by atomic mass is 9.95. The molecule has 4 rings (SSSR count). The van der Waals surface area contributed by atoms with Crippen LogP contribution in [0.3, 0.4) is 0 Å². The highest BCUT2D eigenvalue weighted by atomic mass is 32.1. The molecule has 0 spiro atoms. The number of hydrogen-bond acceptors (Lipinski definition) is 6. The second-order valence-corrected chi connectivity index (χ2v) is 9.69. The summed E-state index contributed by atoms with van der Waals surface area (Å²) in [5.41, 5.74) is 4.24. The molecule has 0 aromatic carbocycles. The van der Waals surface area contributed by atoms with E-state index in [-0.39, 0.29) is 5.97 Å². The number of thiocarbonyl (C=S) groups is 1. The van der Waals surface area contributed by atoms with Crippen LogP contribution in [0.4, 0.5) is 5.00 Å². The molecule has 9 heteroatoms. The molecule has 0 atom stereocenters. The zero-order valence-electron chi connectivity index (χ0n) is 18.6. The van der Waals surface area contributed by atoms with Gasteiger partial charge in [0.25, 0.3) is 0 Å². The van der Waals surface area contributed by atoms with E-state index in [4.69, 9.17) is 17.0 Å².